The van der Waals surface area contributed by atoms with E-state index in [0.717, 1.165) is 0 Å². The smallest absolute Gasteiger partial charge is 0.0585 e. The van der Waals surface area contributed by atoms with Crippen LogP contribution in [0.1, 0.15) is 66.7 Å². The summed E-state index contributed by atoms with van der Waals surface area (Å²) >= 11 is 7.24. The van der Waals surface area contributed by atoms with Crippen LogP contribution in [0.3, 0.4) is 0 Å². The topological polar surface area (TPSA) is 49.4 Å². The summed E-state index contributed by atoms with van der Waals surface area (Å²) in [6.07, 6.45) is 7.94. The molecule has 1 aliphatic rings. The van der Waals surface area contributed by atoms with Crippen molar-refractivity contribution < 1.29 is 0 Å². The number of aliphatic imine (C=N–C) groups is 4. The zero-order valence-corrected chi connectivity index (χ0v) is 25.4. The molecule has 0 atom stereocenters. The lowest BCUT2D eigenvalue weighted by Crippen LogP contribution is -2.15. The minimum Gasteiger partial charge on any atom is -0.290 e. The molecule has 196 valence electrons. The quantitative estimate of drug-likeness (QED) is 0.204. The van der Waals surface area contributed by atoms with Crippen LogP contribution in [0.25, 0.3) is 0 Å². The van der Waals surface area contributed by atoms with Crippen molar-refractivity contribution in [3.05, 3.63) is 87.5 Å². The van der Waals surface area contributed by atoms with Gasteiger partial charge in [0, 0.05) is 74.7 Å². The van der Waals surface area contributed by atoms with E-state index in [1.54, 1.807) is 0 Å². The molecule has 4 aromatic rings. The molecule has 0 aliphatic carbocycles. The SMILES string of the molecule is CC1(C)c2ccc(s2)C=NCCN=Cc2ccc(s2)C(C)(C)c2ccc(s2)C=NCCN=Cc2ccc1s2. The minimum atomic E-state index is -0.0548. The second-order valence-electron chi connectivity index (χ2n) is 10.2. The molecule has 0 saturated heterocycles. The van der Waals surface area contributed by atoms with E-state index in [-0.39, 0.29) is 10.8 Å². The van der Waals surface area contributed by atoms with Gasteiger partial charge in [0.1, 0.15) is 0 Å². The van der Waals surface area contributed by atoms with E-state index >= 15 is 0 Å². The van der Waals surface area contributed by atoms with E-state index in [4.69, 9.17) is 0 Å². The lowest BCUT2D eigenvalue weighted by molar-refractivity contribution is 0.671. The van der Waals surface area contributed by atoms with Crippen molar-refractivity contribution in [2.24, 2.45) is 20.0 Å². The molecule has 0 N–H and O–H groups in total. The molecular weight excluding hydrogens is 545 g/mol. The van der Waals surface area contributed by atoms with Crippen molar-refractivity contribution in [3.8, 4) is 0 Å². The molecule has 0 amide bonds. The molecule has 0 unspecified atom stereocenters. The van der Waals surface area contributed by atoms with Gasteiger partial charge in [-0.2, -0.15) is 0 Å². The second kappa shape index (κ2) is 11.7. The van der Waals surface area contributed by atoms with Crippen LogP contribution in [0.2, 0.25) is 0 Å². The summed E-state index contributed by atoms with van der Waals surface area (Å²) in [5.74, 6) is 0. The van der Waals surface area contributed by atoms with Gasteiger partial charge in [-0.05, 0) is 48.5 Å². The Hall–Kier alpha value is -2.52. The molecule has 8 bridgehead atoms. The van der Waals surface area contributed by atoms with Gasteiger partial charge in [-0.3, -0.25) is 20.0 Å². The molecule has 8 heteroatoms. The third-order valence-corrected chi connectivity index (χ3v) is 11.9. The number of hydrogen-bond donors (Lipinski definition) is 0. The van der Waals surface area contributed by atoms with Gasteiger partial charge in [0.15, 0.2) is 0 Å². The van der Waals surface area contributed by atoms with Crippen LogP contribution >= 0.6 is 45.3 Å². The number of nitrogens with zero attached hydrogens (tertiary/aromatic N) is 4. The van der Waals surface area contributed by atoms with Crippen LogP contribution in [0.5, 0.6) is 0 Å². The molecule has 5 rings (SSSR count). The highest BCUT2D eigenvalue weighted by Crippen LogP contribution is 2.40. The number of rotatable bonds is 0. The van der Waals surface area contributed by atoms with E-state index < -0.39 is 0 Å². The van der Waals surface area contributed by atoms with Crippen molar-refractivity contribution in [1.82, 2.24) is 0 Å². The molecule has 0 saturated carbocycles. The fraction of sp³-hybridized carbons (Fsp3) is 0.333. The molecule has 0 fully saturated rings. The Labute approximate surface area is 241 Å². The number of fused-ring (bicyclic) bond motifs is 8. The summed E-state index contributed by atoms with van der Waals surface area (Å²) in [6.45, 7) is 11.9. The Morgan fingerprint density at radius 1 is 0.421 bits per heavy atom. The van der Waals surface area contributed by atoms with Crippen molar-refractivity contribution >= 4 is 70.2 Å². The molecular formula is C30H32N4S4. The fourth-order valence-corrected chi connectivity index (χ4v) is 8.33. The third kappa shape index (κ3) is 6.20. The van der Waals surface area contributed by atoms with Crippen LogP contribution in [-0.2, 0) is 10.8 Å². The Kier molecular flexibility index (Phi) is 8.33. The van der Waals surface area contributed by atoms with Gasteiger partial charge in [0.05, 0.1) is 26.2 Å². The van der Waals surface area contributed by atoms with Crippen LogP contribution in [0.4, 0.5) is 0 Å². The average molecular weight is 577 g/mol. The van der Waals surface area contributed by atoms with Gasteiger partial charge >= 0.3 is 0 Å². The van der Waals surface area contributed by atoms with Crippen LogP contribution in [0.15, 0.2) is 68.5 Å². The van der Waals surface area contributed by atoms with Gasteiger partial charge in [0.25, 0.3) is 0 Å². The van der Waals surface area contributed by atoms with Crippen LogP contribution < -0.4 is 0 Å². The highest BCUT2D eigenvalue weighted by molar-refractivity contribution is 7.16. The van der Waals surface area contributed by atoms with Gasteiger partial charge in [-0.15, -0.1) is 45.3 Å². The van der Waals surface area contributed by atoms with Crippen LogP contribution in [0, 0.1) is 0 Å². The van der Waals surface area contributed by atoms with Crippen molar-refractivity contribution in [2.75, 3.05) is 26.2 Å². The monoisotopic (exact) mass is 576 g/mol. The number of thiophene rings is 4. The first-order valence-corrected chi connectivity index (χ1v) is 16.0. The highest BCUT2D eigenvalue weighted by atomic mass is 32.1. The summed E-state index contributed by atoms with van der Waals surface area (Å²) in [5, 5.41) is 0. The van der Waals surface area contributed by atoms with Gasteiger partial charge in [0.2, 0.25) is 0 Å². The van der Waals surface area contributed by atoms with E-state index in [9.17, 15) is 0 Å². The molecule has 4 nitrogen and oxygen atoms in total. The zero-order valence-electron chi connectivity index (χ0n) is 22.2. The lowest BCUT2D eigenvalue weighted by Gasteiger charge is -2.21. The summed E-state index contributed by atoms with van der Waals surface area (Å²) in [4.78, 5) is 28.6. The van der Waals surface area contributed by atoms with Crippen molar-refractivity contribution in [2.45, 2.75) is 38.5 Å². The predicted molar refractivity (Wildman–Crippen MR) is 171 cm³/mol. The van der Waals surface area contributed by atoms with Crippen LogP contribution in [-0.4, -0.2) is 51.0 Å². The van der Waals surface area contributed by atoms with E-state index in [0.29, 0.717) is 26.2 Å². The van der Waals surface area contributed by atoms with Gasteiger partial charge < -0.3 is 0 Å². The van der Waals surface area contributed by atoms with E-state index in [1.165, 1.54) is 39.0 Å². The predicted octanol–water partition coefficient (Wildman–Crippen LogP) is 7.97. The molecule has 4 aromatic heterocycles. The van der Waals surface area contributed by atoms with E-state index in [1.807, 2.05) is 70.2 Å². The first-order chi connectivity index (χ1) is 18.3. The first-order valence-electron chi connectivity index (χ1n) is 12.7. The third-order valence-electron chi connectivity index (χ3n) is 6.56. The first kappa shape index (κ1) is 27.1. The Morgan fingerprint density at radius 3 is 0.895 bits per heavy atom. The Balaban J connectivity index is 1.38. The number of hydrogen-bond acceptors (Lipinski definition) is 8. The highest BCUT2D eigenvalue weighted by Gasteiger charge is 2.27. The summed E-state index contributed by atoms with van der Waals surface area (Å²) < 4.78 is 0. The summed E-state index contributed by atoms with van der Waals surface area (Å²) in [7, 11) is 0. The molecule has 38 heavy (non-hydrogen) atoms. The fourth-order valence-electron chi connectivity index (χ4n) is 4.12. The summed E-state index contributed by atoms with van der Waals surface area (Å²) in [5.41, 5.74) is -0.110. The molecule has 0 aromatic carbocycles. The van der Waals surface area contributed by atoms with E-state index in [2.05, 4.69) is 96.2 Å². The van der Waals surface area contributed by atoms with Gasteiger partial charge in [-0.1, -0.05) is 27.7 Å². The molecule has 0 spiro atoms. The zero-order chi connectivity index (χ0) is 26.6. The maximum absolute atomic E-state index is 4.63. The standard InChI is InChI=1S/C30H32N4S4/c1-29(2)25-9-5-21(35-25)17-31-13-15-33-19-23-7-11-27(37-23)30(3,4)28-12-8-24(38-28)20-34-16-14-32-18-22-6-10-26(29)36-22/h5-12,17-20H,13-16H2,1-4H3. The normalized spacial score (nSPS) is 17.6. The Morgan fingerprint density at radius 2 is 0.658 bits per heavy atom. The largest absolute Gasteiger partial charge is 0.290 e. The molecule has 0 radical (unpaired) electrons. The average Bonchev–Trinajstić information content (AvgIpc) is 3.70. The minimum absolute atomic E-state index is 0.0548. The Bertz CT molecular complexity index is 1270. The summed E-state index contributed by atoms with van der Waals surface area (Å²) in [6, 6.07) is 17.6. The maximum atomic E-state index is 4.63. The second-order valence-corrected chi connectivity index (χ2v) is 14.7. The van der Waals surface area contributed by atoms with Gasteiger partial charge in [-0.25, -0.2) is 0 Å². The van der Waals surface area contributed by atoms with Crippen molar-refractivity contribution in [1.29, 1.82) is 0 Å². The maximum Gasteiger partial charge on any atom is 0.0585 e. The lowest BCUT2D eigenvalue weighted by atomic mass is 9.90. The molecule has 1 aliphatic heterocycles. The van der Waals surface area contributed by atoms with Crippen molar-refractivity contribution in [3.63, 3.8) is 0 Å². The molecule has 5 heterocycles.